The molecule has 0 atom stereocenters. The maximum atomic E-state index is 2.31. The summed E-state index contributed by atoms with van der Waals surface area (Å²) in [6.45, 7) is 6.48. The van der Waals surface area contributed by atoms with Gasteiger partial charge in [-0.3, -0.25) is 0 Å². The third kappa shape index (κ3) is 3.82. The van der Waals surface area contributed by atoms with Crippen LogP contribution in [0.3, 0.4) is 0 Å². The van der Waals surface area contributed by atoms with Crippen LogP contribution in [0.2, 0.25) is 0 Å². The molecule has 0 saturated heterocycles. The van der Waals surface area contributed by atoms with E-state index in [1.165, 1.54) is 27.8 Å². The van der Waals surface area contributed by atoms with Gasteiger partial charge in [-0.2, -0.15) is 0 Å². The molecule has 98 valence electrons. The molecule has 0 fully saturated rings. The summed E-state index contributed by atoms with van der Waals surface area (Å²) in [5.74, 6) is 0. The molecule has 0 aliphatic rings. The first kappa shape index (κ1) is 13.6. The van der Waals surface area contributed by atoms with E-state index in [0.717, 1.165) is 12.8 Å². The van der Waals surface area contributed by atoms with Gasteiger partial charge in [-0.1, -0.05) is 65.7 Å². The fourth-order valence-corrected chi connectivity index (χ4v) is 2.31. The number of allylic oxidation sites excluding steroid dienone is 2. The normalized spacial score (nSPS) is 10.3. The van der Waals surface area contributed by atoms with E-state index in [2.05, 4.69) is 75.4 Å². The van der Waals surface area contributed by atoms with Crippen molar-refractivity contribution in [3.63, 3.8) is 0 Å². The average molecular weight is 250 g/mol. The molecular weight excluding hydrogens is 228 g/mol. The van der Waals surface area contributed by atoms with Crippen LogP contribution in [0.5, 0.6) is 0 Å². The van der Waals surface area contributed by atoms with Crippen LogP contribution in [0.15, 0.2) is 60.2 Å². The highest BCUT2D eigenvalue weighted by molar-refractivity contribution is 5.68. The fourth-order valence-electron chi connectivity index (χ4n) is 2.31. The lowest BCUT2D eigenvalue weighted by Gasteiger charge is -2.10. The van der Waals surface area contributed by atoms with E-state index in [1.807, 2.05) is 0 Å². The number of rotatable bonds is 4. The van der Waals surface area contributed by atoms with Gasteiger partial charge in [0.25, 0.3) is 0 Å². The van der Waals surface area contributed by atoms with Crippen LogP contribution in [0.25, 0.3) is 11.1 Å². The lowest BCUT2D eigenvalue weighted by Crippen LogP contribution is -1.91. The number of aryl methyl sites for hydroxylation is 2. The minimum atomic E-state index is 1.11. The molecule has 0 heteroatoms. The van der Waals surface area contributed by atoms with E-state index >= 15 is 0 Å². The molecule has 0 aliphatic carbocycles. The van der Waals surface area contributed by atoms with Gasteiger partial charge in [0, 0.05) is 0 Å². The first-order valence-electron chi connectivity index (χ1n) is 6.95. The summed E-state index contributed by atoms with van der Waals surface area (Å²) in [4.78, 5) is 0. The molecule has 0 spiro atoms. The van der Waals surface area contributed by atoms with Gasteiger partial charge in [0.05, 0.1) is 0 Å². The smallest absolute Gasteiger partial charge is 0.0149 e. The highest BCUT2D eigenvalue weighted by atomic mass is 14.1. The van der Waals surface area contributed by atoms with Crippen molar-refractivity contribution < 1.29 is 0 Å². The average Bonchev–Trinajstić information content (AvgIpc) is 2.41. The molecule has 0 aromatic heterocycles. The minimum Gasteiger partial charge on any atom is -0.0856 e. The van der Waals surface area contributed by atoms with Crippen LogP contribution in [0, 0.1) is 6.92 Å². The minimum absolute atomic E-state index is 1.11. The van der Waals surface area contributed by atoms with E-state index in [-0.39, 0.29) is 0 Å². The summed E-state index contributed by atoms with van der Waals surface area (Å²) in [6, 6.07) is 17.5. The summed E-state index contributed by atoms with van der Waals surface area (Å²) in [5.41, 5.74) is 6.86. The molecular formula is C19H22. The zero-order valence-corrected chi connectivity index (χ0v) is 12.1. The third-order valence-corrected chi connectivity index (χ3v) is 3.32. The Morgan fingerprint density at radius 3 is 2.42 bits per heavy atom. The predicted octanol–water partition coefficient (Wildman–Crippen LogP) is 5.56. The Morgan fingerprint density at radius 1 is 1.00 bits per heavy atom. The van der Waals surface area contributed by atoms with E-state index in [1.54, 1.807) is 0 Å². The van der Waals surface area contributed by atoms with E-state index in [9.17, 15) is 0 Å². The highest BCUT2D eigenvalue weighted by Crippen LogP contribution is 2.26. The molecule has 0 N–H and O–H groups in total. The molecule has 0 aliphatic heterocycles. The van der Waals surface area contributed by atoms with Crippen molar-refractivity contribution in [3.05, 3.63) is 71.3 Å². The SMILES string of the molecule is CC(C)=CCCc1ccc(C)cc1-c1ccccc1. The summed E-state index contributed by atoms with van der Waals surface area (Å²) < 4.78 is 0. The second-order valence-electron chi connectivity index (χ2n) is 5.35. The van der Waals surface area contributed by atoms with E-state index < -0.39 is 0 Å². The standard InChI is InChI=1S/C19H22/c1-15(2)8-7-11-18-13-12-16(3)14-19(18)17-9-5-4-6-10-17/h4-6,8-10,12-14H,7,11H2,1-3H3. The number of hydrogen-bond donors (Lipinski definition) is 0. The van der Waals surface area contributed by atoms with Gasteiger partial charge >= 0.3 is 0 Å². The fraction of sp³-hybridized carbons (Fsp3) is 0.263. The molecule has 0 bridgehead atoms. The van der Waals surface area contributed by atoms with Crippen molar-refractivity contribution in [1.82, 2.24) is 0 Å². The van der Waals surface area contributed by atoms with Gasteiger partial charge in [-0.15, -0.1) is 0 Å². The number of benzene rings is 2. The Morgan fingerprint density at radius 2 is 1.74 bits per heavy atom. The Kier molecular flexibility index (Phi) is 4.57. The van der Waals surface area contributed by atoms with Crippen LogP contribution >= 0.6 is 0 Å². The quantitative estimate of drug-likeness (QED) is 0.623. The molecule has 2 rings (SSSR count). The van der Waals surface area contributed by atoms with Crippen molar-refractivity contribution in [2.24, 2.45) is 0 Å². The lowest BCUT2D eigenvalue weighted by atomic mass is 9.95. The van der Waals surface area contributed by atoms with Gasteiger partial charge in [0.1, 0.15) is 0 Å². The molecule has 0 unspecified atom stereocenters. The third-order valence-electron chi connectivity index (χ3n) is 3.32. The van der Waals surface area contributed by atoms with Crippen LogP contribution in [0.1, 0.15) is 31.4 Å². The highest BCUT2D eigenvalue weighted by Gasteiger charge is 2.04. The van der Waals surface area contributed by atoms with Crippen LogP contribution < -0.4 is 0 Å². The maximum Gasteiger partial charge on any atom is -0.0149 e. The second-order valence-corrected chi connectivity index (χ2v) is 5.35. The molecule has 2 aromatic rings. The van der Waals surface area contributed by atoms with Gasteiger partial charge in [0.15, 0.2) is 0 Å². The monoisotopic (exact) mass is 250 g/mol. The maximum absolute atomic E-state index is 2.31. The van der Waals surface area contributed by atoms with Gasteiger partial charge < -0.3 is 0 Å². The van der Waals surface area contributed by atoms with Gasteiger partial charge in [0.2, 0.25) is 0 Å². The Hall–Kier alpha value is -1.82. The van der Waals surface area contributed by atoms with Crippen LogP contribution in [-0.4, -0.2) is 0 Å². The zero-order valence-electron chi connectivity index (χ0n) is 12.1. The molecule has 0 saturated carbocycles. The molecule has 0 nitrogen and oxygen atoms in total. The summed E-state index contributed by atoms with van der Waals surface area (Å²) in [6.07, 6.45) is 4.54. The molecule has 0 amide bonds. The van der Waals surface area contributed by atoms with Crippen molar-refractivity contribution in [2.75, 3.05) is 0 Å². The largest absolute Gasteiger partial charge is 0.0856 e. The molecule has 19 heavy (non-hydrogen) atoms. The predicted molar refractivity (Wildman–Crippen MR) is 84.4 cm³/mol. The summed E-state index contributed by atoms with van der Waals surface area (Å²) >= 11 is 0. The van der Waals surface area contributed by atoms with E-state index in [4.69, 9.17) is 0 Å². The number of hydrogen-bond acceptors (Lipinski definition) is 0. The first-order valence-corrected chi connectivity index (χ1v) is 6.95. The summed E-state index contributed by atoms with van der Waals surface area (Å²) in [5, 5.41) is 0. The summed E-state index contributed by atoms with van der Waals surface area (Å²) in [7, 11) is 0. The van der Waals surface area contributed by atoms with Crippen LogP contribution in [-0.2, 0) is 6.42 Å². The lowest BCUT2D eigenvalue weighted by molar-refractivity contribution is 0.989. The van der Waals surface area contributed by atoms with Crippen LogP contribution in [0.4, 0.5) is 0 Å². The van der Waals surface area contributed by atoms with Gasteiger partial charge in [-0.05, 0) is 50.3 Å². The molecule has 0 heterocycles. The van der Waals surface area contributed by atoms with Crippen molar-refractivity contribution in [1.29, 1.82) is 0 Å². The zero-order chi connectivity index (χ0) is 13.7. The Labute approximate surface area is 116 Å². The van der Waals surface area contributed by atoms with Crippen molar-refractivity contribution in [3.8, 4) is 11.1 Å². The van der Waals surface area contributed by atoms with Crippen molar-refractivity contribution >= 4 is 0 Å². The van der Waals surface area contributed by atoms with E-state index in [0.29, 0.717) is 0 Å². The van der Waals surface area contributed by atoms with Crippen molar-refractivity contribution in [2.45, 2.75) is 33.6 Å². The molecule has 0 radical (unpaired) electrons. The Bertz CT molecular complexity index is 558. The topological polar surface area (TPSA) is 0 Å². The molecule has 2 aromatic carbocycles. The Balaban J connectivity index is 2.31. The van der Waals surface area contributed by atoms with Gasteiger partial charge in [-0.25, -0.2) is 0 Å². The second kappa shape index (κ2) is 6.38. The first-order chi connectivity index (χ1) is 9.16.